The Morgan fingerprint density at radius 2 is 1.79 bits per heavy atom. The lowest BCUT2D eigenvalue weighted by Crippen LogP contribution is -2.47. The van der Waals surface area contributed by atoms with Crippen LogP contribution in [0, 0.1) is 18.7 Å². The average Bonchev–Trinajstić information content (AvgIpc) is 3.38. The van der Waals surface area contributed by atoms with Crippen LogP contribution >= 0.6 is 11.6 Å². The summed E-state index contributed by atoms with van der Waals surface area (Å²) in [7, 11) is 0. The molecule has 0 spiro atoms. The van der Waals surface area contributed by atoms with Gasteiger partial charge in [0.15, 0.2) is 0 Å². The van der Waals surface area contributed by atoms with Gasteiger partial charge in [0.05, 0.1) is 5.92 Å². The first-order chi connectivity index (χ1) is 19.9. The fraction of sp³-hybridized carbons (Fsp3) is 0.576. The highest BCUT2D eigenvalue weighted by Gasteiger charge is 2.42. The SMILES string of the molecule is Cc1ccc(C(C)[C@H](NCCNC(=O)[C@@H]2CN(C3CCOCC3)C[C@H]2c2ccc(Cl)cc2F)C(=O)OC(C)(C)C)cc1. The number of carbonyl (C=O) groups excluding carboxylic acids is 2. The molecule has 0 aliphatic carbocycles. The van der Waals surface area contributed by atoms with Crippen molar-refractivity contribution in [2.24, 2.45) is 5.92 Å². The van der Waals surface area contributed by atoms with Crippen molar-refractivity contribution in [3.05, 3.63) is 70.0 Å². The molecular formula is C33H45ClFN3O4. The van der Waals surface area contributed by atoms with E-state index in [-0.39, 0.29) is 29.5 Å². The van der Waals surface area contributed by atoms with Gasteiger partial charge in [0, 0.05) is 62.3 Å². The van der Waals surface area contributed by atoms with Crippen LogP contribution in [-0.2, 0) is 19.1 Å². The molecule has 2 aromatic carbocycles. The molecule has 0 aromatic heterocycles. The molecular weight excluding hydrogens is 557 g/mol. The molecule has 4 atom stereocenters. The number of hydrogen-bond acceptors (Lipinski definition) is 6. The molecule has 0 saturated carbocycles. The number of rotatable bonds is 10. The highest BCUT2D eigenvalue weighted by Crippen LogP contribution is 2.37. The molecule has 230 valence electrons. The molecule has 1 amide bonds. The molecule has 9 heteroatoms. The van der Waals surface area contributed by atoms with Gasteiger partial charge in [-0.25, -0.2) is 4.39 Å². The van der Waals surface area contributed by atoms with E-state index >= 15 is 4.39 Å². The number of hydrogen-bond donors (Lipinski definition) is 2. The summed E-state index contributed by atoms with van der Waals surface area (Å²) in [4.78, 5) is 29.1. The first-order valence-electron chi connectivity index (χ1n) is 15.0. The summed E-state index contributed by atoms with van der Waals surface area (Å²) < 4.78 is 26.3. The van der Waals surface area contributed by atoms with Crippen LogP contribution in [0.15, 0.2) is 42.5 Å². The van der Waals surface area contributed by atoms with Crippen molar-refractivity contribution in [2.75, 3.05) is 39.4 Å². The molecule has 2 N–H and O–H groups in total. The quantitative estimate of drug-likeness (QED) is 0.288. The highest BCUT2D eigenvalue weighted by molar-refractivity contribution is 6.30. The number of ether oxygens (including phenoxy) is 2. The van der Waals surface area contributed by atoms with Gasteiger partial charge >= 0.3 is 5.97 Å². The number of carbonyl (C=O) groups is 2. The molecule has 1 unspecified atom stereocenters. The Kier molecular flexibility index (Phi) is 11.0. The average molecular weight is 602 g/mol. The van der Waals surface area contributed by atoms with Gasteiger partial charge in [-0.3, -0.25) is 14.5 Å². The van der Waals surface area contributed by atoms with Gasteiger partial charge in [0.1, 0.15) is 17.5 Å². The summed E-state index contributed by atoms with van der Waals surface area (Å²) in [6, 6.07) is 12.6. The van der Waals surface area contributed by atoms with Crippen LogP contribution in [-0.4, -0.2) is 73.9 Å². The highest BCUT2D eigenvalue weighted by atomic mass is 35.5. The Bertz CT molecular complexity index is 1210. The summed E-state index contributed by atoms with van der Waals surface area (Å²) in [6.07, 6.45) is 1.80. The molecule has 0 radical (unpaired) electrons. The first-order valence-corrected chi connectivity index (χ1v) is 15.4. The molecule has 2 aliphatic heterocycles. The lowest BCUT2D eigenvalue weighted by atomic mass is 9.88. The van der Waals surface area contributed by atoms with Crippen LogP contribution in [0.2, 0.25) is 5.02 Å². The number of esters is 1. The number of benzene rings is 2. The minimum Gasteiger partial charge on any atom is -0.459 e. The smallest absolute Gasteiger partial charge is 0.324 e. The number of nitrogens with one attached hydrogen (secondary N) is 2. The van der Waals surface area contributed by atoms with E-state index in [9.17, 15) is 9.59 Å². The molecule has 2 heterocycles. The van der Waals surface area contributed by atoms with Crippen molar-refractivity contribution in [3.63, 3.8) is 0 Å². The summed E-state index contributed by atoms with van der Waals surface area (Å²) in [5.41, 5.74) is 2.07. The molecule has 0 bridgehead atoms. The van der Waals surface area contributed by atoms with E-state index in [1.54, 1.807) is 12.1 Å². The van der Waals surface area contributed by atoms with Gasteiger partial charge < -0.3 is 20.1 Å². The van der Waals surface area contributed by atoms with Crippen LogP contribution in [0.3, 0.4) is 0 Å². The van der Waals surface area contributed by atoms with Crippen LogP contribution in [0.25, 0.3) is 0 Å². The summed E-state index contributed by atoms with van der Waals surface area (Å²) in [6.45, 7) is 12.8. The topological polar surface area (TPSA) is 79.9 Å². The Morgan fingerprint density at radius 1 is 1.10 bits per heavy atom. The van der Waals surface area contributed by atoms with Crippen molar-refractivity contribution < 1.29 is 23.5 Å². The van der Waals surface area contributed by atoms with Gasteiger partial charge in [-0.05, 0) is 63.8 Å². The van der Waals surface area contributed by atoms with Gasteiger partial charge in [-0.15, -0.1) is 0 Å². The maximum atomic E-state index is 15.0. The zero-order chi connectivity index (χ0) is 30.4. The maximum Gasteiger partial charge on any atom is 0.324 e. The maximum absolute atomic E-state index is 15.0. The van der Waals surface area contributed by atoms with Crippen LogP contribution in [0.4, 0.5) is 4.39 Å². The van der Waals surface area contributed by atoms with Gasteiger partial charge in [0.2, 0.25) is 5.91 Å². The predicted molar refractivity (Wildman–Crippen MR) is 163 cm³/mol. The molecule has 7 nitrogen and oxygen atoms in total. The van der Waals surface area contributed by atoms with Crippen molar-refractivity contribution in [2.45, 2.75) is 77.0 Å². The second kappa shape index (κ2) is 14.3. The zero-order valence-corrected chi connectivity index (χ0v) is 26.2. The van der Waals surface area contributed by atoms with Crippen molar-refractivity contribution >= 4 is 23.5 Å². The van der Waals surface area contributed by atoms with E-state index in [4.69, 9.17) is 21.1 Å². The number of aryl methyl sites for hydroxylation is 1. The Labute approximate surface area is 254 Å². The Morgan fingerprint density at radius 3 is 2.43 bits per heavy atom. The van der Waals surface area contributed by atoms with Crippen LogP contribution in [0.5, 0.6) is 0 Å². The van der Waals surface area contributed by atoms with Gasteiger partial charge in [0.25, 0.3) is 0 Å². The normalized spacial score (nSPS) is 21.6. The third-order valence-corrected chi connectivity index (χ3v) is 8.54. The fourth-order valence-corrected chi connectivity index (χ4v) is 6.16. The minimum atomic E-state index is -0.622. The number of halogens is 2. The van der Waals surface area contributed by atoms with Gasteiger partial charge in [-0.2, -0.15) is 0 Å². The molecule has 2 fully saturated rings. The van der Waals surface area contributed by atoms with Gasteiger partial charge in [-0.1, -0.05) is 54.4 Å². The van der Waals surface area contributed by atoms with E-state index in [0.717, 1.165) is 24.0 Å². The van der Waals surface area contributed by atoms with E-state index < -0.39 is 17.6 Å². The van der Waals surface area contributed by atoms with E-state index in [1.807, 2.05) is 58.9 Å². The molecule has 4 rings (SSSR count). The van der Waals surface area contributed by atoms with Crippen LogP contribution in [0.1, 0.15) is 69.1 Å². The van der Waals surface area contributed by atoms with E-state index in [0.29, 0.717) is 56.0 Å². The number of nitrogens with zero attached hydrogens (tertiary/aromatic N) is 1. The largest absolute Gasteiger partial charge is 0.459 e. The van der Waals surface area contributed by atoms with Crippen molar-refractivity contribution in [3.8, 4) is 0 Å². The van der Waals surface area contributed by atoms with E-state index in [1.165, 1.54) is 6.07 Å². The summed E-state index contributed by atoms with van der Waals surface area (Å²) >= 11 is 6.03. The van der Waals surface area contributed by atoms with Crippen molar-refractivity contribution in [1.82, 2.24) is 15.5 Å². The molecule has 2 aliphatic rings. The van der Waals surface area contributed by atoms with Crippen molar-refractivity contribution in [1.29, 1.82) is 0 Å². The second-order valence-electron chi connectivity index (χ2n) is 12.6. The predicted octanol–water partition coefficient (Wildman–Crippen LogP) is 5.20. The standard InChI is InChI=1S/C33H45ClFN3O4/c1-21-6-8-23(9-7-21)22(2)30(32(40)42-33(3,4)5)36-14-15-37-31(39)28-20-38(25-12-16-41-17-13-25)19-27(28)26-11-10-24(34)18-29(26)35/h6-11,18,22,25,27-28,30,36H,12-17,19-20H2,1-5H3,(H,37,39)/t22?,27-,28+,30-/m0/s1. The Balaban J connectivity index is 1.42. The number of likely N-dealkylation sites (tertiary alicyclic amines) is 1. The zero-order valence-electron chi connectivity index (χ0n) is 25.4. The summed E-state index contributed by atoms with van der Waals surface area (Å²) in [5, 5.41) is 6.72. The molecule has 2 aromatic rings. The molecule has 2 saturated heterocycles. The number of amides is 1. The summed E-state index contributed by atoms with van der Waals surface area (Å²) in [5.74, 6) is -1.66. The second-order valence-corrected chi connectivity index (χ2v) is 13.1. The fourth-order valence-electron chi connectivity index (χ4n) is 6.00. The first kappa shape index (κ1) is 32.4. The monoisotopic (exact) mass is 601 g/mol. The lowest BCUT2D eigenvalue weighted by molar-refractivity contribution is -0.158. The molecule has 42 heavy (non-hydrogen) atoms. The third-order valence-electron chi connectivity index (χ3n) is 8.31. The van der Waals surface area contributed by atoms with E-state index in [2.05, 4.69) is 15.5 Å². The lowest BCUT2D eigenvalue weighted by Gasteiger charge is -2.31. The Hall–Kier alpha value is -2.52. The minimum absolute atomic E-state index is 0.119. The third kappa shape index (κ3) is 8.53. The van der Waals surface area contributed by atoms with Crippen LogP contribution < -0.4 is 10.6 Å².